The fourth-order valence-electron chi connectivity index (χ4n) is 3.24. The van der Waals surface area contributed by atoms with E-state index >= 15 is 0 Å². The number of ether oxygens (including phenoxy) is 3. The van der Waals surface area contributed by atoms with E-state index in [0.717, 1.165) is 22.7 Å². The van der Waals surface area contributed by atoms with Crippen molar-refractivity contribution in [2.45, 2.75) is 20.0 Å². The smallest absolute Gasteiger partial charge is 0.174 e. The van der Waals surface area contributed by atoms with E-state index < -0.39 is 0 Å². The molecule has 31 heavy (non-hydrogen) atoms. The van der Waals surface area contributed by atoms with Crippen LogP contribution in [0.1, 0.15) is 16.7 Å². The van der Waals surface area contributed by atoms with Gasteiger partial charge in [0.25, 0.3) is 0 Å². The average molecular weight is 437 g/mol. The predicted octanol–water partition coefficient (Wildman–Crippen LogP) is 5.42. The molecule has 3 aromatic carbocycles. The molecule has 0 atom stereocenters. The largest absolute Gasteiger partial charge is 0.497 e. The maximum Gasteiger partial charge on any atom is 0.174 e. The van der Waals surface area contributed by atoms with Crippen molar-refractivity contribution in [1.82, 2.24) is 4.90 Å². The molecule has 162 valence electrons. The highest BCUT2D eigenvalue weighted by atomic mass is 32.1. The van der Waals surface area contributed by atoms with Gasteiger partial charge < -0.3 is 24.4 Å². The summed E-state index contributed by atoms with van der Waals surface area (Å²) in [6.45, 7) is 3.45. The molecule has 0 fully saturated rings. The van der Waals surface area contributed by atoms with Gasteiger partial charge in [-0.05, 0) is 60.1 Å². The van der Waals surface area contributed by atoms with Gasteiger partial charge in [0.1, 0.15) is 17.2 Å². The third-order valence-electron chi connectivity index (χ3n) is 5.09. The van der Waals surface area contributed by atoms with Crippen LogP contribution in [-0.2, 0) is 13.1 Å². The molecule has 0 aliphatic carbocycles. The van der Waals surface area contributed by atoms with Crippen molar-refractivity contribution in [3.05, 3.63) is 83.4 Å². The van der Waals surface area contributed by atoms with Crippen molar-refractivity contribution >= 4 is 23.0 Å². The van der Waals surface area contributed by atoms with Crippen LogP contribution in [0.25, 0.3) is 0 Å². The van der Waals surface area contributed by atoms with Crippen molar-refractivity contribution in [3.63, 3.8) is 0 Å². The summed E-state index contributed by atoms with van der Waals surface area (Å²) in [6.07, 6.45) is 0. The van der Waals surface area contributed by atoms with Crippen LogP contribution in [0.3, 0.4) is 0 Å². The highest BCUT2D eigenvalue weighted by Crippen LogP contribution is 2.29. The zero-order valence-corrected chi connectivity index (χ0v) is 19.2. The average Bonchev–Trinajstić information content (AvgIpc) is 2.80. The van der Waals surface area contributed by atoms with Crippen molar-refractivity contribution < 1.29 is 14.2 Å². The van der Waals surface area contributed by atoms with Crippen LogP contribution in [0, 0.1) is 6.92 Å². The van der Waals surface area contributed by atoms with Gasteiger partial charge in [-0.25, -0.2) is 0 Å². The highest BCUT2D eigenvalue weighted by Gasteiger charge is 2.15. The number of anilines is 1. The molecule has 3 aromatic rings. The minimum absolute atomic E-state index is 0.613. The van der Waals surface area contributed by atoms with Crippen LogP contribution in [-0.4, -0.2) is 31.3 Å². The highest BCUT2D eigenvalue weighted by molar-refractivity contribution is 7.80. The maximum atomic E-state index is 5.82. The molecule has 6 heteroatoms. The summed E-state index contributed by atoms with van der Waals surface area (Å²) < 4.78 is 16.1. The Bertz CT molecular complexity index is 1020. The van der Waals surface area contributed by atoms with E-state index in [1.54, 1.807) is 21.3 Å². The Hall–Kier alpha value is -3.25. The quantitative estimate of drug-likeness (QED) is 0.476. The first-order valence-electron chi connectivity index (χ1n) is 9.99. The second-order valence-electron chi connectivity index (χ2n) is 7.13. The van der Waals surface area contributed by atoms with Gasteiger partial charge in [-0.3, -0.25) is 0 Å². The minimum Gasteiger partial charge on any atom is -0.497 e. The summed E-state index contributed by atoms with van der Waals surface area (Å²) in [5.74, 6) is 2.23. The van der Waals surface area contributed by atoms with Gasteiger partial charge in [0.05, 0.1) is 27.0 Å². The number of thiocarbonyl (C=S) groups is 1. The van der Waals surface area contributed by atoms with Crippen LogP contribution < -0.4 is 19.5 Å². The third-order valence-corrected chi connectivity index (χ3v) is 5.45. The van der Waals surface area contributed by atoms with Crippen molar-refractivity contribution in [1.29, 1.82) is 0 Å². The number of hydrogen-bond acceptors (Lipinski definition) is 4. The minimum atomic E-state index is 0.613. The topological polar surface area (TPSA) is 43.0 Å². The summed E-state index contributed by atoms with van der Waals surface area (Å²) in [4.78, 5) is 2.14. The molecule has 0 radical (unpaired) electrons. The monoisotopic (exact) mass is 436 g/mol. The molecule has 0 unspecified atom stereocenters. The van der Waals surface area contributed by atoms with Crippen molar-refractivity contribution in [3.8, 4) is 17.2 Å². The van der Waals surface area contributed by atoms with Crippen molar-refractivity contribution in [2.24, 2.45) is 0 Å². The first-order valence-corrected chi connectivity index (χ1v) is 10.4. The molecule has 3 rings (SSSR count). The molecule has 0 spiro atoms. The lowest BCUT2D eigenvalue weighted by atomic mass is 10.1. The Balaban J connectivity index is 1.85. The molecule has 1 N–H and O–H groups in total. The van der Waals surface area contributed by atoms with Crippen LogP contribution in [0.4, 0.5) is 5.69 Å². The molecule has 0 saturated heterocycles. The van der Waals surface area contributed by atoms with E-state index in [9.17, 15) is 0 Å². The molecule has 0 saturated carbocycles. The third kappa shape index (κ3) is 5.89. The van der Waals surface area contributed by atoms with E-state index in [-0.39, 0.29) is 0 Å². The number of hydrogen-bond donors (Lipinski definition) is 1. The number of aryl methyl sites for hydroxylation is 1. The summed E-state index contributed by atoms with van der Waals surface area (Å²) in [6, 6.07) is 22.0. The lowest BCUT2D eigenvalue weighted by Gasteiger charge is -2.27. The predicted molar refractivity (Wildman–Crippen MR) is 129 cm³/mol. The zero-order chi connectivity index (χ0) is 22.2. The molecular formula is C25H28N2O3S. The van der Waals surface area contributed by atoms with E-state index in [4.69, 9.17) is 26.4 Å². The van der Waals surface area contributed by atoms with Gasteiger partial charge in [0.15, 0.2) is 5.11 Å². The van der Waals surface area contributed by atoms with E-state index in [2.05, 4.69) is 47.5 Å². The Labute approximate surface area is 189 Å². The summed E-state index contributed by atoms with van der Waals surface area (Å²) in [5.41, 5.74) is 4.38. The molecular weight excluding hydrogens is 408 g/mol. The molecule has 5 nitrogen and oxygen atoms in total. The van der Waals surface area contributed by atoms with Gasteiger partial charge in [-0.2, -0.15) is 0 Å². The molecule has 0 bridgehead atoms. The Kier molecular flexibility index (Phi) is 7.73. The Morgan fingerprint density at radius 2 is 1.52 bits per heavy atom. The summed E-state index contributed by atoms with van der Waals surface area (Å²) in [5, 5.41) is 3.96. The maximum absolute atomic E-state index is 5.82. The zero-order valence-electron chi connectivity index (χ0n) is 18.3. The summed E-state index contributed by atoms with van der Waals surface area (Å²) in [7, 11) is 4.93. The first kappa shape index (κ1) is 22.4. The van der Waals surface area contributed by atoms with Crippen LogP contribution in [0.2, 0.25) is 0 Å². The summed E-state index contributed by atoms with van der Waals surface area (Å²) >= 11 is 5.82. The molecule has 0 heterocycles. The Morgan fingerprint density at radius 1 is 0.839 bits per heavy atom. The SMILES string of the molecule is COc1ccc(CN(Cc2ccccc2C)C(=S)Nc2ccc(OC)cc2OC)cc1. The standard InChI is InChI=1S/C25H28N2O3S/c1-18-7-5-6-8-20(18)17-27(16-19-9-11-21(28-2)12-10-19)25(31)26-23-14-13-22(29-3)15-24(23)30-4/h5-15H,16-17H2,1-4H3,(H,26,31). The number of methoxy groups -OCH3 is 3. The van der Waals surface area contributed by atoms with Crippen molar-refractivity contribution in [2.75, 3.05) is 26.6 Å². The number of nitrogens with one attached hydrogen (secondary N) is 1. The Morgan fingerprint density at radius 3 is 2.16 bits per heavy atom. The van der Waals surface area contributed by atoms with E-state index in [1.807, 2.05) is 36.4 Å². The van der Waals surface area contributed by atoms with Crippen LogP contribution in [0.5, 0.6) is 17.2 Å². The van der Waals surface area contributed by atoms with Crippen LogP contribution in [0.15, 0.2) is 66.7 Å². The molecule has 0 aromatic heterocycles. The second kappa shape index (κ2) is 10.7. The van der Waals surface area contributed by atoms with E-state index in [1.165, 1.54) is 11.1 Å². The van der Waals surface area contributed by atoms with Gasteiger partial charge in [0, 0.05) is 19.2 Å². The van der Waals surface area contributed by atoms with Crippen LogP contribution >= 0.6 is 12.2 Å². The molecule has 0 aliphatic rings. The van der Waals surface area contributed by atoms with Gasteiger partial charge in [0.2, 0.25) is 0 Å². The fraction of sp³-hybridized carbons (Fsp3) is 0.240. The number of rotatable bonds is 8. The fourth-order valence-corrected chi connectivity index (χ4v) is 3.48. The van der Waals surface area contributed by atoms with Gasteiger partial charge in [-0.15, -0.1) is 0 Å². The normalized spacial score (nSPS) is 10.3. The number of benzene rings is 3. The lowest BCUT2D eigenvalue weighted by Crippen LogP contribution is -2.34. The second-order valence-corrected chi connectivity index (χ2v) is 7.51. The van der Waals surface area contributed by atoms with Gasteiger partial charge in [-0.1, -0.05) is 36.4 Å². The van der Waals surface area contributed by atoms with E-state index in [0.29, 0.717) is 24.0 Å². The van der Waals surface area contributed by atoms with Gasteiger partial charge >= 0.3 is 0 Å². The molecule has 0 aliphatic heterocycles. The lowest BCUT2D eigenvalue weighted by molar-refractivity contribution is 0.394. The first-order chi connectivity index (χ1) is 15.0. The molecule has 0 amide bonds. The number of nitrogens with zero attached hydrogens (tertiary/aromatic N) is 1.